The van der Waals surface area contributed by atoms with Gasteiger partial charge in [-0.3, -0.25) is 0 Å². The lowest BCUT2D eigenvalue weighted by Gasteiger charge is -2.30. The number of furan rings is 2. The maximum Gasteiger partial charge on any atom is 0.143 e. The van der Waals surface area contributed by atoms with E-state index in [1.54, 1.807) is 0 Å². The molecular weight excluding hydrogens is 887 g/mol. The molecule has 10 aromatic carbocycles. The van der Waals surface area contributed by atoms with Gasteiger partial charge in [0.1, 0.15) is 22.3 Å². The lowest BCUT2D eigenvalue weighted by atomic mass is 9.79. The molecule has 0 bridgehead atoms. The van der Waals surface area contributed by atoms with Gasteiger partial charge in [0, 0.05) is 60.4 Å². The van der Waals surface area contributed by atoms with Crippen molar-refractivity contribution in [2.75, 3.05) is 4.90 Å². The second-order valence-corrected chi connectivity index (χ2v) is 22.5. The number of para-hydroxylation sites is 3. The van der Waals surface area contributed by atoms with E-state index in [9.17, 15) is 0 Å². The van der Waals surface area contributed by atoms with Gasteiger partial charge in [0.05, 0.1) is 0 Å². The highest BCUT2D eigenvalue weighted by Crippen LogP contribution is 2.60. The van der Waals surface area contributed by atoms with Gasteiger partial charge in [-0.15, -0.1) is 0 Å². The highest BCUT2D eigenvalue weighted by molar-refractivity contribution is 6.19. The SMILES string of the molecule is Cc1ccccc1N(c1ccc2c(c1)C(C)(C)c1cc3c(cc1-2)C(C)(C)c1ccc2oc4ccccc4c2c1-3)c1ccc2c(c1)C(C)(C)c1cc(-c3ccc(-c4ccccc4)cc3)c3oc4ccccc4c3c1-2. The molecule has 0 radical (unpaired) electrons. The lowest BCUT2D eigenvalue weighted by Crippen LogP contribution is -2.18. The Labute approximate surface area is 426 Å². The van der Waals surface area contributed by atoms with Gasteiger partial charge in [-0.05, 0) is 163 Å². The molecule has 0 amide bonds. The third kappa shape index (κ3) is 5.71. The minimum atomic E-state index is -0.313. The molecule has 3 heteroatoms. The van der Waals surface area contributed by atoms with Crippen molar-refractivity contribution in [3.63, 3.8) is 0 Å². The first-order valence-corrected chi connectivity index (χ1v) is 25.8. The first-order chi connectivity index (χ1) is 35.4. The number of nitrogens with zero attached hydrogens (tertiary/aromatic N) is 1. The van der Waals surface area contributed by atoms with Gasteiger partial charge >= 0.3 is 0 Å². The van der Waals surface area contributed by atoms with Crippen molar-refractivity contribution >= 4 is 60.9 Å². The van der Waals surface area contributed by atoms with Gasteiger partial charge < -0.3 is 13.7 Å². The monoisotopic (exact) mass is 939 g/mol. The highest BCUT2D eigenvalue weighted by atomic mass is 16.3. The largest absolute Gasteiger partial charge is 0.456 e. The second kappa shape index (κ2) is 14.6. The molecule has 3 nitrogen and oxygen atoms in total. The summed E-state index contributed by atoms with van der Waals surface area (Å²) < 4.78 is 13.4. The van der Waals surface area contributed by atoms with Crippen LogP contribution in [-0.2, 0) is 16.2 Å². The molecule has 0 aliphatic heterocycles. The van der Waals surface area contributed by atoms with Crippen LogP contribution in [0.15, 0.2) is 203 Å². The molecule has 0 atom stereocenters. The van der Waals surface area contributed by atoms with Crippen molar-refractivity contribution in [1.82, 2.24) is 0 Å². The van der Waals surface area contributed by atoms with Crippen molar-refractivity contribution < 1.29 is 8.83 Å². The van der Waals surface area contributed by atoms with E-state index in [2.05, 4.69) is 247 Å². The van der Waals surface area contributed by atoms with Crippen LogP contribution in [0.3, 0.4) is 0 Å². The Balaban J connectivity index is 0.874. The zero-order valence-electron chi connectivity index (χ0n) is 42.2. The molecule has 0 N–H and O–H groups in total. The Bertz CT molecular complexity index is 4350. The number of benzene rings is 10. The summed E-state index contributed by atoms with van der Waals surface area (Å²) in [5.41, 5.74) is 28.3. The van der Waals surface area contributed by atoms with Crippen molar-refractivity contribution in [2.24, 2.45) is 0 Å². The summed E-state index contributed by atoms with van der Waals surface area (Å²) >= 11 is 0. The summed E-state index contributed by atoms with van der Waals surface area (Å²) in [5.74, 6) is 0. The van der Waals surface area contributed by atoms with Gasteiger partial charge in [-0.1, -0.05) is 169 Å². The Morgan fingerprint density at radius 1 is 0.342 bits per heavy atom. The van der Waals surface area contributed by atoms with Gasteiger partial charge in [0.2, 0.25) is 0 Å². The van der Waals surface area contributed by atoms with Gasteiger partial charge in [-0.2, -0.15) is 0 Å². The molecule has 0 fully saturated rings. The van der Waals surface area contributed by atoms with Gasteiger partial charge in [0.25, 0.3) is 0 Å². The standard InChI is InChI=1S/C70H53NO2/c1-40-17-11-14-22-59(40)71(44-29-31-46-51-38-57-52(39-56(51)69(4,5)54(46)35-44)64-53(68(57,2)3)33-34-62-65(64)48-20-12-15-23-60(48)72-62)45-30-32-47-55(36-45)70(6,7)58-37-50(43-27-25-42(26-28-43)41-18-9-8-10-19-41)67-66(63(47)58)49-21-13-16-24-61(49)73-67/h8-39H,1-7H3. The molecule has 2 aromatic heterocycles. The Morgan fingerprint density at radius 2 is 0.863 bits per heavy atom. The molecule has 15 rings (SSSR count). The predicted molar refractivity (Wildman–Crippen MR) is 304 cm³/mol. The van der Waals surface area contributed by atoms with Crippen LogP contribution in [-0.4, -0.2) is 0 Å². The first-order valence-electron chi connectivity index (χ1n) is 25.8. The maximum absolute atomic E-state index is 6.89. The third-order valence-electron chi connectivity index (χ3n) is 17.4. The molecule has 3 aliphatic carbocycles. The minimum Gasteiger partial charge on any atom is -0.456 e. The summed E-state index contributed by atoms with van der Waals surface area (Å²) in [5, 5.41) is 4.74. The topological polar surface area (TPSA) is 29.5 Å². The molecular formula is C70H53NO2. The van der Waals surface area contributed by atoms with Crippen molar-refractivity contribution in [1.29, 1.82) is 0 Å². The molecule has 350 valence electrons. The fourth-order valence-corrected chi connectivity index (χ4v) is 13.5. The fourth-order valence-electron chi connectivity index (χ4n) is 13.5. The van der Waals surface area contributed by atoms with E-state index in [0.29, 0.717) is 0 Å². The molecule has 0 saturated heterocycles. The Kier molecular flexibility index (Phi) is 8.47. The second-order valence-electron chi connectivity index (χ2n) is 22.5. The predicted octanol–water partition coefficient (Wildman–Crippen LogP) is 19.5. The van der Waals surface area contributed by atoms with E-state index in [-0.39, 0.29) is 16.2 Å². The first kappa shape index (κ1) is 42.3. The maximum atomic E-state index is 6.89. The highest BCUT2D eigenvalue weighted by Gasteiger charge is 2.44. The number of fused-ring (bicyclic) bond motifs is 17. The zero-order valence-corrected chi connectivity index (χ0v) is 42.2. The van der Waals surface area contributed by atoms with E-state index in [4.69, 9.17) is 8.83 Å². The average molecular weight is 940 g/mol. The molecule has 3 aliphatic rings. The Morgan fingerprint density at radius 3 is 1.60 bits per heavy atom. The number of hydrogen-bond acceptors (Lipinski definition) is 3. The van der Waals surface area contributed by atoms with E-state index in [1.807, 2.05) is 0 Å². The van der Waals surface area contributed by atoms with Gasteiger partial charge in [-0.25, -0.2) is 0 Å². The van der Waals surface area contributed by atoms with Crippen LogP contribution in [0.1, 0.15) is 80.5 Å². The molecule has 0 saturated carbocycles. The van der Waals surface area contributed by atoms with Crippen LogP contribution in [0.2, 0.25) is 0 Å². The van der Waals surface area contributed by atoms with E-state index in [0.717, 1.165) is 50.2 Å². The van der Waals surface area contributed by atoms with Crippen molar-refractivity contribution in [2.45, 2.75) is 64.7 Å². The molecule has 2 heterocycles. The molecule has 12 aromatic rings. The number of aryl methyl sites for hydroxylation is 1. The quantitative estimate of drug-likeness (QED) is 0.172. The van der Waals surface area contributed by atoms with Crippen molar-refractivity contribution in [3.8, 4) is 55.6 Å². The summed E-state index contributed by atoms with van der Waals surface area (Å²) in [6.45, 7) is 16.7. The summed E-state index contributed by atoms with van der Waals surface area (Å²) in [4.78, 5) is 2.50. The van der Waals surface area contributed by atoms with Crippen LogP contribution in [0.4, 0.5) is 17.1 Å². The van der Waals surface area contributed by atoms with Gasteiger partial charge in [0.15, 0.2) is 0 Å². The van der Waals surface area contributed by atoms with Crippen LogP contribution in [0, 0.1) is 6.92 Å². The van der Waals surface area contributed by atoms with Crippen LogP contribution >= 0.6 is 0 Å². The number of anilines is 3. The van der Waals surface area contributed by atoms with E-state index in [1.165, 1.54) is 105 Å². The Hall–Kier alpha value is -8.40. The van der Waals surface area contributed by atoms with Crippen LogP contribution in [0.5, 0.6) is 0 Å². The number of hydrogen-bond donors (Lipinski definition) is 0. The normalized spacial score (nSPS) is 15.1. The summed E-state index contributed by atoms with van der Waals surface area (Å²) in [6.07, 6.45) is 0. The zero-order chi connectivity index (χ0) is 49.3. The van der Waals surface area contributed by atoms with E-state index < -0.39 is 0 Å². The third-order valence-corrected chi connectivity index (χ3v) is 17.4. The van der Waals surface area contributed by atoms with Crippen LogP contribution in [0.25, 0.3) is 99.5 Å². The van der Waals surface area contributed by atoms with Crippen molar-refractivity contribution in [3.05, 3.63) is 233 Å². The minimum absolute atomic E-state index is 0.173. The van der Waals surface area contributed by atoms with E-state index >= 15 is 0 Å². The summed E-state index contributed by atoms with van der Waals surface area (Å²) in [6, 6.07) is 71.9. The fraction of sp³-hybridized carbons (Fsp3) is 0.143. The van der Waals surface area contributed by atoms with Crippen LogP contribution < -0.4 is 4.90 Å². The molecule has 0 unspecified atom stereocenters. The number of rotatable bonds is 5. The molecule has 0 spiro atoms. The lowest BCUT2D eigenvalue weighted by molar-refractivity contribution is 0.651. The smallest absolute Gasteiger partial charge is 0.143 e. The molecule has 73 heavy (non-hydrogen) atoms. The average Bonchev–Trinajstić information content (AvgIpc) is 4.16. The summed E-state index contributed by atoms with van der Waals surface area (Å²) in [7, 11) is 0.